The van der Waals surface area contributed by atoms with Gasteiger partial charge >= 0.3 is 0 Å². The van der Waals surface area contributed by atoms with Crippen molar-refractivity contribution in [1.29, 1.82) is 5.26 Å². The van der Waals surface area contributed by atoms with Crippen molar-refractivity contribution in [3.63, 3.8) is 0 Å². The van der Waals surface area contributed by atoms with Gasteiger partial charge in [-0.2, -0.15) is 5.26 Å². The summed E-state index contributed by atoms with van der Waals surface area (Å²) < 4.78 is 0. The molecule has 0 saturated carbocycles. The molecule has 5 heteroatoms. The summed E-state index contributed by atoms with van der Waals surface area (Å²) >= 11 is 0. The summed E-state index contributed by atoms with van der Waals surface area (Å²) in [6, 6.07) is 52.6. The number of nitriles is 1. The fourth-order valence-electron chi connectivity index (χ4n) is 5.92. The predicted octanol–water partition coefficient (Wildman–Crippen LogP) is 9.78. The number of benzene rings is 6. The van der Waals surface area contributed by atoms with Crippen molar-refractivity contribution in [2.45, 2.75) is 0 Å². The number of rotatable bonds is 5. The summed E-state index contributed by atoms with van der Waals surface area (Å²) in [5, 5.41) is 11.7. The first-order valence-electron chi connectivity index (χ1n) is 15.0. The van der Waals surface area contributed by atoms with E-state index in [4.69, 9.17) is 19.9 Å². The first kappa shape index (κ1) is 27.1. The van der Waals surface area contributed by atoms with Gasteiger partial charge in [0.25, 0.3) is 0 Å². The Bertz CT molecular complexity index is 2370. The maximum atomic E-state index is 9.64. The van der Waals surface area contributed by atoms with Gasteiger partial charge in [-0.05, 0) is 41.1 Å². The SMILES string of the molecule is N#Cc1cccc(-c2nc3ccccc3nc2-c2cccc3c(-c4cc(-c5ccccc5)nc(-c5ccccc5)n4)cccc23)c1. The number of para-hydroxylation sites is 2. The van der Waals surface area contributed by atoms with E-state index in [-0.39, 0.29) is 0 Å². The van der Waals surface area contributed by atoms with Crippen LogP contribution >= 0.6 is 0 Å². The second kappa shape index (κ2) is 11.5. The topological polar surface area (TPSA) is 75.3 Å². The third-order valence-electron chi connectivity index (χ3n) is 8.12. The fraction of sp³-hybridized carbons (Fsp3) is 0. The molecule has 0 aliphatic rings. The average molecular weight is 588 g/mol. The number of hydrogen-bond donors (Lipinski definition) is 0. The standard InChI is InChI=1S/C41H25N5/c42-26-27-12-9-17-30(24-27)39-40(44-36-23-8-7-22-35(36)43-39)34-21-11-18-31-32(34)19-10-20-33(31)38-25-37(28-13-3-1-4-14-28)45-41(46-38)29-15-5-2-6-16-29/h1-25H. The molecule has 0 bridgehead atoms. The van der Waals surface area contributed by atoms with Crippen molar-refractivity contribution >= 4 is 21.8 Å². The van der Waals surface area contributed by atoms with Crippen LogP contribution in [0.15, 0.2) is 152 Å². The minimum absolute atomic E-state index is 0.575. The van der Waals surface area contributed by atoms with E-state index in [0.717, 1.165) is 72.4 Å². The molecule has 0 saturated heterocycles. The number of aromatic nitrogens is 4. The van der Waals surface area contributed by atoms with E-state index in [1.165, 1.54) is 0 Å². The van der Waals surface area contributed by atoms with Crippen LogP contribution in [0.1, 0.15) is 5.56 Å². The van der Waals surface area contributed by atoms with Crippen LogP contribution in [-0.2, 0) is 0 Å². The summed E-state index contributed by atoms with van der Waals surface area (Å²) in [6.07, 6.45) is 0. The Morgan fingerprint density at radius 3 is 1.70 bits per heavy atom. The number of fused-ring (bicyclic) bond motifs is 2. The van der Waals surface area contributed by atoms with Crippen molar-refractivity contribution in [2.75, 3.05) is 0 Å². The van der Waals surface area contributed by atoms with Gasteiger partial charge in [-0.1, -0.05) is 121 Å². The third kappa shape index (κ3) is 4.94. The van der Waals surface area contributed by atoms with Crippen LogP contribution in [0.3, 0.4) is 0 Å². The molecule has 0 fully saturated rings. The van der Waals surface area contributed by atoms with Crippen LogP contribution < -0.4 is 0 Å². The summed E-state index contributed by atoms with van der Waals surface area (Å²) in [4.78, 5) is 20.3. The summed E-state index contributed by atoms with van der Waals surface area (Å²) in [5.74, 6) is 0.671. The van der Waals surface area contributed by atoms with Crippen LogP contribution in [0.2, 0.25) is 0 Å². The smallest absolute Gasteiger partial charge is 0.160 e. The normalized spacial score (nSPS) is 11.0. The van der Waals surface area contributed by atoms with E-state index >= 15 is 0 Å². The van der Waals surface area contributed by atoms with Crippen molar-refractivity contribution < 1.29 is 0 Å². The molecule has 2 aromatic heterocycles. The lowest BCUT2D eigenvalue weighted by molar-refractivity contribution is 1.18. The number of hydrogen-bond acceptors (Lipinski definition) is 5. The van der Waals surface area contributed by atoms with Gasteiger partial charge in [0.15, 0.2) is 5.82 Å². The van der Waals surface area contributed by atoms with Gasteiger partial charge in [0.1, 0.15) is 0 Å². The fourth-order valence-corrected chi connectivity index (χ4v) is 5.92. The van der Waals surface area contributed by atoms with Crippen LogP contribution in [0, 0.1) is 11.3 Å². The Labute approximate surface area is 266 Å². The molecule has 5 nitrogen and oxygen atoms in total. The molecular weight excluding hydrogens is 562 g/mol. The molecule has 0 aliphatic heterocycles. The maximum Gasteiger partial charge on any atom is 0.160 e. The Balaban J connectivity index is 1.37. The summed E-state index contributed by atoms with van der Waals surface area (Å²) in [5.41, 5.74) is 10.1. The molecule has 0 aliphatic carbocycles. The van der Waals surface area contributed by atoms with Gasteiger partial charge in [0.05, 0.1) is 45.4 Å². The Morgan fingerprint density at radius 1 is 0.413 bits per heavy atom. The molecule has 0 amide bonds. The van der Waals surface area contributed by atoms with E-state index in [0.29, 0.717) is 11.4 Å². The largest absolute Gasteiger partial charge is 0.244 e. The molecule has 0 atom stereocenters. The van der Waals surface area contributed by atoms with Gasteiger partial charge in [0.2, 0.25) is 0 Å². The Hall–Kier alpha value is -6.51. The zero-order chi connectivity index (χ0) is 30.9. The maximum absolute atomic E-state index is 9.64. The molecule has 8 rings (SSSR count). The highest BCUT2D eigenvalue weighted by Crippen LogP contribution is 2.39. The molecule has 6 aromatic carbocycles. The lowest BCUT2D eigenvalue weighted by Crippen LogP contribution is -1.98. The summed E-state index contributed by atoms with van der Waals surface area (Å²) in [6.45, 7) is 0. The average Bonchev–Trinajstić information content (AvgIpc) is 3.14. The van der Waals surface area contributed by atoms with E-state index in [1.54, 1.807) is 6.07 Å². The molecule has 46 heavy (non-hydrogen) atoms. The van der Waals surface area contributed by atoms with Crippen molar-refractivity contribution in [2.24, 2.45) is 0 Å². The molecule has 0 N–H and O–H groups in total. The van der Waals surface area contributed by atoms with Crippen molar-refractivity contribution in [3.05, 3.63) is 157 Å². The molecule has 2 heterocycles. The highest BCUT2D eigenvalue weighted by molar-refractivity contribution is 6.06. The highest BCUT2D eigenvalue weighted by atomic mass is 14.9. The third-order valence-corrected chi connectivity index (χ3v) is 8.12. The van der Waals surface area contributed by atoms with E-state index in [1.807, 2.05) is 91.0 Å². The second-order valence-corrected chi connectivity index (χ2v) is 11.0. The molecule has 214 valence electrons. The minimum Gasteiger partial charge on any atom is -0.244 e. The molecule has 0 spiro atoms. The zero-order valence-electron chi connectivity index (χ0n) is 24.7. The van der Waals surface area contributed by atoms with Crippen LogP contribution in [0.25, 0.3) is 78.2 Å². The van der Waals surface area contributed by atoms with Gasteiger partial charge in [-0.3, -0.25) is 0 Å². The lowest BCUT2D eigenvalue weighted by atomic mass is 9.94. The van der Waals surface area contributed by atoms with Gasteiger partial charge in [-0.15, -0.1) is 0 Å². The molecular formula is C41H25N5. The van der Waals surface area contributed by atoms with E-state index in [2.05, 4.69) is 60.7 Å². The van der Waals surface area contributed by atoms with Crippen molar-refractivity contribution in [1.82, 2.24) is 19.9 Å². The number of nitrogens with zero attached hydrogens (tertiary/aromatic N) is 5. The predicted molar refractivity (Wildman–Crippen MR) is 185 cm³/mol. The molecule has 0 unspecified atom stereocenters. The highest BCUT2D eigenvalue weighted by Gasteiger charge is 2.18. The Morgan fingerprint density at radius 2 is 0.978 bits per heavy atom. The van der Waals surface area contributed by atoms with Crippen LogP contribution in [-0.4, -0.2) is 19.9 Å². The quantitative estimate of drug-likeness (QED) is 0.200. The zero-order valence-corrected chi connectivity index (χ0v) is 24.7. The molecule has 8 aromatic rings. The van der Waals surface area contributed by atoms with Crippen LogP contribution in [0.4, 0.5) is 0 Å². The second-order valence-electron chi connectivity index (χ2n) is 11.0. The first-order valence-corrected chi connectivity index (χ1v) is 15.0. The van der Waals surface area contributed by atoms with E-state index < -0.39 is 0 Å². The lowest BCUT2D eigenvalue weighted by Gasteiger charge is -2.15. The summed E-state index contributed by atoms with van der Waals surface area (Å²) in [7, 11) is 0. The van der Waals surface area contributed by atoms with E-state index in [9.17, 15) is 5.26 Å². The van der Waals surface area contributed by atoms with Crippen LogP contribution in [0.5, 0.6) is 0 Å². The minimum atomic E-state index is 0.575. The molecule has 0 radical (unpaired) electrons. The first-order chi connectivity index (χ1) is 22.7. The monoisotopic (exact) mass is 587 g/mol. The van der Waals surface area contributed by atoms with Crippen molar-refractivity contribution in [3.8, 4) is 62.5 Å². The Kier molecular flexibility index (Phi) is 6.79. The van der Waals surface area contributed by atoms with Gasteiger partial charge in [-0.25, -0.2) is 19.9 Å². The van der Waals surface area contributed by atoms with Gasteiger partial charge < -0.3 is 0 Å². The van der Waals surface area contributed by atoms with Gasteiger partial charge in [0, 0.05) is 27.8 Å².